The fourth-order valence-corrected chi connectivity index (χ4v) is 0.661. The van der Waals surface area contributed by atoms with E-state index >= 15 is 0 Å². The molecule has 0 unspecified atom stereocenters. The number of hydrogen-bond donors (Lipinski definition) is 1. The van der Waals surface area contributed by atoms with Crippen LogP contribution in [0.4, 0.5) is 4.79 Å². The molecule has 0 atom stereocenters. The topological polar surface area (TPSA) is 65.0 Å². The van der Waals surface area contributed by atoms with E-state index in [4.69, 9.17) is 14.6 Å². The van der Waals surface area contributed by atoms with Gasteiger partial charge in [0.2, 0.25) is 0 Å². The average molecular weight is 164 g/mol. The molecule has 0 aliphatic carbocycles. The van der Waals surface area contributed by atoms with Gasteiger partial charge in [0.1, 0.15) is 0 Å². The van der Waals surface area contributed by atoms with Crippen molar-refractivity contribution in [2.45, 2.75) is 19.3 Å². The summed E-state index contributed by atoms with van der Waals surface area (Å²) < 4.78 is 13.8. The number of methoxy groups -OCH3 is 2. The third-order valence-electron chi connectivity index (χ3n) is 1.30. The van der Waals surface area contributed by atoms with Crippen LogP contribution in [0.25, 0.3) is 0 Å². The van der Waals surface area contributed by atoms with Crippen LogP contribution in [0.1, 0.15) is 13.3 Å². The summed E-state index contributed by atoms with van der Waals surface area (Å²) in [6.07, 6.45) is -1.12. The smallest absolute Gasteiger partial charge is 0.450 e. The Hall–Kier alpha value is -0.810. The molecule has 66 valence electrons. The van der Waals surface area contributed by atoms with Gasteiger partial charge in [-0.2, -0.15) is 0 Å². The van der Waals surface area contributed by atoms with Crippen LogP contribution in [0, 0.1) is 0 Å². The molecule has 0 aromatic carbocycles. The number of carbonyl (C=O) groups is 1. The molecule has 11 heavy (non-hydrogen) atoms. The van der Waals surface area contributed by atoms with E-state index in [1.165, 1.54) is 14.2 Å². The van der Waals surface area contributed by atoms with Gasteiger partial charge in [-0.15, -0.1) is 0 Å². The monoisotopic (exact) mass is 164 g/mol. The number of hydrogen-bond acceptors (Lipinski definition) is 4. The summed E-state index contributed by atoms with van der Waals surface area (Å²) in [6.45, 7) is 1.69. The first kappa shape index (κ1) is 10.2. The van der Waals surface area contributed by atoms with Gasteiger partial charge in [-0.05, 0) is 0 Å². The van der Waals surface area contributed by atoms with Crippen LogP contribution in [0.3, 0.4) is 0 Å². The standard InChI is InChI=1S/C6H12O5/c1-4-6(9-2,10-3)11-5(7)8/h4H2,1-3H3,(H,7,8). The van der Waals surface area contributed by atoms with Gasteiger partial charge < -0.3 is 19.3 Å². The molecule has 0 spiro atoms. The van der Waals surface area contributed by atoms with Crippen LogP contribution in [0.2, 0.25) is 0 Å². The molecule has 1 N–H and O–H groups in total. The predicted molar refractivity (Wildman–Crippen MR) is 36.1 cm³/mol. The van der Waals surface area contributed by atoms with Gasteiger partial charge in [0, 0.05) is 20.6 Å². The second-order valence-corrected chi connectivity index (χ2v) is 1.81. The SMILES string of the molecule is CCC(OC)(OC)OC(=O)O. The molecular formula is C6H12O5. The molecule has 5 heteroatoms. The van der Waals surface area contributed by atoms with Gasteiger partial charge >= 0.3 is 12.1 Å². The van der Waals surface area contributed by atoms with Gasteiger partial charge in [-0.3, -0.25) is 0 Å². The second kappa shape index (κ2) is 4.15. The van der Waals surface area contributed by atoms with Crippen molar-refractivity contribution in [3.63, 3.8) is 0 Å². The van der Waals surface area contributed by atoms with Crippen LogP contribution in [-0.2, 0) is 14.2 Å². The minimum absolute atomic E-state index is 0.298. The van der Waals surface area contributed by atoms with Crippen molar-refractivity contribution in [1.82, 2.24) is 0 Å². The highest BCUT2D eigenvalue weighted by molar-refractivity contribution is 5.57. The summed E-state index contributed by atoms with van der Waals surface area (Å²) in [6, 6.07) is 0. The van der Waals surface area contributed by atoms with Gasteiger partial charge in [0.25, 0.3) is 0 Å². The van der Waals surface area contributed by atoms with Crippen LogP contribution >= 0.6 is 0 Å². The number of carboxylic acid groups (broad SMARTS) is 1. The number of ether oxygens (including phenoxy) is 3. The lowest BCUT2D eigenvalue weighted by Gasteiger charge is -2.26. The second-order valence-electron chi connectivity index (χ2n) is 1.81. The molecular weight excluding hydrogens is 152 g/mol. The highest BCUT2D eigenvalue weighted by Gasteiger charge is 2.32. The Morgan fingerprint density at radius 3 is 2.00 bits per heavy atom. The molecule has 0 aliphatic heterocycles. The first-order valence-corrected chi connectivity index (χ1v) is 3.12. The molecule has 0 radical (unpaired) electrons. The highest BCUT2D eigenvalue weighted by atomic mass is 16.9. The molecule has 0 rings (SSSR count). The summed E-state index contributed by atoms with van der Waals surface area (Å²) >= 11 is 0. The minimum atomic E-state index is -1.45. The van der Waals surface area contributed by atoms with Crippen LogP contribution in [0.15, 0.2) is 0 Å². The van der Waals surface area contributed by atoms with Gasteiger partial charge in [0.05, 0.1) is 0 Å². The van der Waals surface area contributed by atoms with Crippen LogP contribution in [0.5, 0.6) is 0 Å². The predicted octanol–water partition coefficient (Wildman–Crippen LogP) is 1.04. The van der Waals surface area contributed by atoms with Crippen molar-refractivity contribution >= 4 is 6.16 Å². The molecule has 0 saturated carbocycles. The van der Waals surface area contributed by atoms with Crippen molar-refractivity contribution in [2.75, 3.05) is 14.2 Å². The quantitative estimate of drug-likeness (QED) is 0.496. The molecule has 0 heterocycles. The Kier molecular flexibility index (Phi) is 3.84. The minimum Gasteiger partial charge on any atom is -0.450 e. The zero-order valence-electron chi connectivity index (χ0n) is 6.79. The molecule has 0 aromatic rings. The fourth-order valence-electron chi connectivity index (χ4n) is 0.661. The van der Waals surface area contributed by atoms with Gasteiger partial charge in [-0.1, -0.05) is 6.92 Å². The molecule has 5 nitrogen and oxygen atoms in total. The number of rotatable bonds is 4. The maximum Gasteiger partial charge on any atom is 0.510 e. The Balaban J connectivity index is 4.16. The van der Waals surface area contributed by atoms with E-state index in [2.05, 4.69) is 4.74 Å². The molecule has 0 bridgehead atoms. The maximum atomic E-state index is 10.1. The third-order valence-corrected chi connectivity index (χ3v) is 1.30. The van der Waals surface area contributed by atoms with E-state index in [-0.39, 0.29) is 0 Å². The van der Waals surface area contributed by atoms with E-state index in [9.17, 15) is 4.79 Å². The normalized spacial score (nSPS) is 11.2. The first-order chi connectivity index (χ1) is 5.10. The third kappa shape index (κ3) is 2.73. The Morgan fingerprint density at radius 2 is 1.91 bits per heavy atom. The molecule has 0 aromatic heterocycles. The Morgan fingerprint density at radius 1 is 1.45 bits per heavy atom. The summed E-state index contributed by atoms with van der Waals surface area (Å²) in [5.41, 5.74) is 0. The molecule has 0 saturated heterocycles. The average Bonchev–Trinajstić information content (AvgIpc) is 2.00. The van der Waals surface area contributed by atoms with E-state index in [1.807, 2.05) is 0 Å². The first-order valence-electron chi connectivity index (χ1n) is 3.12. The lowest BCUT2D eigenvalue weighted by atomic mass is 10.4. The molecule has 0 amide bonds. The summed E-state index contributed by atoms with van der Waals surface area (Å²) in [5.74, 6) is -1.45. The Labute approximate surface area is 64.9 Å². The van der Waals surface area contributed by atoms with Crippen molar-refractivity contribution in [3.8, 4) is 0 Å². The van der Waals surface area contributed by atoms with Crippen molar-refractivity contribution in [2.24, 2.45) is 0 Å². The summed E-state index contributed by atoms with van der Waals surface area (Å²) in [4.78, 5) is 10.1. The lowest BCUT2D eigenvalue weighted by Crippen LogP contribution is -2.38. The summed E-state index contributed by atoms with van der Waals surface area (Å²) in [5, 5.41) is 8.26. The van der Waals surface area contributed by atoms with E-state index in [0.29, 0.717) is 6.42 Å². The van der Waals surface area contributed by atoms with E-state index < -0.39 is 12.1 Å². The largest absolute Gasteiger partial charge is 0.510 e. The molecule has 0 fully saturated rings. The highest BCUT2D eigenvalue weighted by Crippen LogP contribution is 2.17. The van der Waals surface area contributed by atoms with Crippen molar-refractivity contribution in [1.29, 1.82) is 0 Å². The van der Waals surface area contributed by atoms with Crippen LogP contribution < -0.4 is 0 Å². The summed E-state index contributed by atoms with van der Waals surface area (Å²) in [7, 11) is 2.63. The van der Waals surface area contributed by atoms with E-state index in [0.717, 1.165) is 0 Å². The lowest BCUT2D eigenvalue weighted by molar-refractivity contribution is -0.340. The fraction of sp³-hybridized carbons (Fsp3) is 0.833. The zero-order chi connectivity index (χ0) is 8.91. The van der Waals surface area contributed by atoms with Crippen LogP contribution in [-0.4, -0.2) is 31.5 Å². The maximum absolute atomic E-state index is 10.1. The van der Waals surface area contributed by atoms with Gasteiger partial charge in [0.15, 0.2) is 0 Å². The van der Waals surface area contributed by atoms with Crippen molar-refractivity contribution in [3.05, 3.63) is 0 Å². The Bertz CT molecular complexity index is 121. The molecule has 0 aliphatic rings. The van der Waals surface area contributed by atoms with E-state index in [1.54, 1.807) is 6.92 Å². The zero-order valence-corrected chi connectivity index (χ0v) is 6.79. The van der Waals surface area contributed by atoms with Gasteiger partial charge in [-0.25, -0.2) is 4.79 Å². The van der Waals surface area contributed by atoms with Crippen molar-refractivity contribution < 1.29 is 24.1 Å².